The molecule has 6 nitrogen and oxygen atoms in total. The molecule has 0 fully saturated rings. The van der Waals surface area contributed by atoms with Gasteiger partial charge in [0.15, 0.2) is 0 Å². The number of fused-ring (bicyclic) bond motifs is 1. The first-order valence-corrected chi connectivity index (χ1v) is 12.3. The van der Waals surface area contributed by atoms with Gasteiger partial charge in [-0.05, 0) is 47.0 Å². The van der Waals surface area contributed by atoms with E-state index < -0.39 is 0 Å². The van der Waals surface area contributed by atoms with Crippen LogP contribution in [0.3, 0.4) is 0 Å². The molecule has 7 heteroatoms. The Kier molecular flexibility index (Phi) is 7.28. The van der Waals surface area contributed by atoms with Crippen molar-refractivity contribution in [2.75, 3.05) is 5.32 Å². The van der Waals surface area contributed by atoms with Crippen molar-refractivity contribution in [2.24, 2.45) is 0 Å². The van der Waals surface area contributed by atoms with Gasteiger partial charge in [0.1, 0.15) is 5.82 Å². The highest BCUT2D eigenvalue weighted by Gasteiger charge is 2.14. The van der Waals surface area contributed by atoms with E-state index in [-0.39, 0.29) is 11.6 Å². The third-order valence-corrected chi connectivity index (χ3v) is 6.26. The van der Waals surface area contributed by atoms with E-state index in [1.54, 1.807) is 28.8 Å². The van der Waals surface area contributed by atoms with E-state index in [0.717, 1.165) is 16.7 Å². The van der Waals surface area contributed by atoms with Crippen molar-refractivity contribution >= 4 is 34.2 Å². The van der Waals surface area contributed by atoms with Gasteiger partial charge in [-0.3, -0.25) is 9.36 Å². The molecule has 2 amide bonds. The number of urea groups is 1. The van der Waals surface area contributed by atoms with Crippen LogP contribution in [-0.2, 0) is 19.5 Å². The number of amides is 2. The maximum atomic E-state index is 13.7. The summed E-state index contributed by atoms with van der Waals surface area (Å²) in [6, 6.07) is 31.9. The van der Waals surface area contributed by atoms with E-state index in [2.05, 4.69) is 10.6 Å². The van der Waals surface area contributed by atoms with Crippen molar-refractivity contribution in [3.8, 4) is 0 Å². The summed E-state index contributed by atoms with van der Waals surface area (Å²) in [5.41, 5.74) is 3.87. The number of hydrogen-bond donors (Lipinski definition) is 2. The van der Waals surface area contributed by atoms with Crippen LogP contribution in [0, 0.1) is 0 Å². The number of carbonyl (C=O) groups excluding carboxylic acids is 1. The summed E-state index contributed by atoms with van der Waals surface area (Å²) < 4.78 is 1.68. The number of aromatic nitrogens is 2. The number of nitrogens with zero attached hydrogens (tertiary/aromatic N) is 2. The van der Waals surface area contributed by atoms with Crippen molar-refractivity contribution in [1.29, 1.82) is 0 Å². The van der Waals surface area contributed by atoms with Gasteiger partial charge >= 0.3 is 6.03 Å². The predicted octanol–water partition coefficient (Wildman–Crippen LogP) is 6.01. The molecule has 0 radical (unpaired) electrons. The molecule has 0 spiro atoms. The Hall–Kier alpha value is -4.42. The smallest absolute Gasteiger partial charge is 0.319 e. The molecule has 5 aromatic rings. The zero-order chi connectivity index (χ0) is 25.6. The molecular formula is C30H25ClN4O2. The zero-order valence-corrected chi connectivity index (χ0v) is 20.8. The summed E-state index contributed by atoms with van der Waals surface area (Å²) in [6.07, 6.45) is 0.508. The van der Waals surface area contributed by atoms with Crippen LogP contribution in [0.4, 0.5) is 10.5 Å². The Morgan fingerprint density at radius 1 is 0.811 bits per heavy atom. The molecule has 1 aromatic heterocycles. The molecule has 4 aromatic carbocycles. The van der Waals surface area contributed by atoms with Gasteiger partial charge in [0, 0.05) is 23.7 Å². The molecule has 0 unspecified atom stereocenters. The summed E-state index contributed by atoms with van der Waals surface area (Å²) in [6.45, 7) is 0.733. The molecule has 2 N–H and O–H groups in total. The lowest BCUT2D eigenvalue weighted by atomic mass is 10.1. The van der Waals surface area contributed by atoms with Crippen LogP contribution in [-0.4, -0.2) is 15.6 Å². The first-order valence-electron chi connectivity index (χ1n) is 12.0. The van der Waals surface area contributed by atoms with E-state index in [9.17, 15) is 9.59 Å². The highest BCUT2D eigenvalue weighted by molar-refractivity contribution is 6.30. The normalized spacial score (nSPS) is 10.8. The van der Waals surface area contributed by atoms with Crippen LogP contribution in [0.15, 0.2) is 108 Å². The predicted molar refractivity (Wildman–Crippen MR) is 148 cm³/mol. The second kappa shape index (κ2) is 11.1. The van der Waals surface area contributed by atoms with Crippen LogP contribution in [0.5, 0.6) is 0 Å². The van der Waals surface area contributed by atoms with E-state index >= 15 is 0 Å². The molecule has 184 valence electrons. The van der Waals surface area contributed by atoms with E-state index in [4.69, 9.17) is 16.6 Å². The van der Waals surface area contributed by atoms with Gasteiger partial charge in [-0.15, -0.1) is 0 Å². The number of halogens is 1. The van der Waals surface area contributed by atoms with E-state index in [1.165, 1.54) is 0 Å². The Bertz CT molecular complexity index is 1600. The van der Waals surface area contributed by atoms with E-state index in [1.807, 2.05) is 78.9 Å². The molecule has 0 bridgehead atoms. The van der Waals surface area contributed by atoms with Crippen molar-refractivity contribution in [1.82, 2.24) is 14.9 Å². The maximum Gasteiger partial charge on any atom is 0.319 e. The monoisotopic (exact) mass is 508 g/mol. The quantitative estimate of drug-likeness (QED) is 0.282. The van der Waals surface area contributed by atoms with Gasteiger partial charge in [-0.25, -0.2) is 9.78 Å². The Morgan fingerprint density at radius 3 is 2.24 bits per heavy atom. The molecule has 0 aliphatic heterocycles. The summed E-state index contributed by atoms with van der Waals surface area (Å²) in [5, 5.41) is 6.69. The minimum absolute atomic E-state index is 0.177. The molecule has 1 heterocycles. The summed E-state index contributed by atoms with van der Waals surface area (Å²) in [7, 11) is 0. The third-order valence-electron chi connectivity index (χ3n) is 6.02. The van der Waals surface area contributed by atoms with Gasteiger partial charge < -0.3 is 10.6 Å². The third kappa shape index (κ3) is 6.05. The highest BCUT2D eigenvalue weighted by Crippen LogP contribution is 2.19. The van der Waals surface area contributed by atoms with Crippen LogP contribution >= 0.6 is 11.6 Å². The van der Waals surface area contributed by atoms with Crippen molar-refractivity contribution in [2.45, 2.75) is 19.5 Å². The molecule has 0 atom stereocenters. The SMILES string of the molecule is O=C(NCc1ccccc1)Nc1ccc2nc(Cc3ccccc3)n(Cc3cccc(Cl)c3)c(=O)c2c1. The van der Waals surface area contributed by atoms with Gasteiger partial charge in [0.05, 0.1) is 17.4 Å². The molecule has 5 rings (SSSR count). The summed E-state index contributed by atoms with van der Waals surface area (Å²) in [5.74, 6) is 0.657. The lowest BCUT2D eigenvalue weighted by Crippen LogP contribution is -2.29. The lowest BCUT2D eigenvalue weighted by molar-refractivity contribution is 0.251. The Morgan fingerprint density at radius 2 is 1.51 bits per heavy atom. The molecule has 0 saturated heterocycles. The number of hydrogen-bond acceptors (Lipinski definition) is 3. The fourth-order valence-corrected chi connectivity index (χ4v) is 4.41. The Balaban J connectivity index is 1.46. The first kappa shape index (κ1) is 24.3. The van der Waals surface area contributed by atoms with Crippen LogP contribution in [0.25, 0.3) is 10.9 Å². The largest absolute Gasteiger partial charge is 0.334 e. The maximum absolute atomic E-state index is 13.7. The average Bonchev–Trinajstić information content (AvgIpc) is 2.91. The number of nitrogens with one attached hydrogen (secondary N) is 2. The number of carbonyl (C=O) groups is 1. The lowest BCUT2D eigenvalue weighted by Gasteiger charge is -2.15. The second-order valence-corrected chi connectivity index (χ2v) is 9.17. The Labute approximate surface area is 219 Å². The number of anilines is 1. The summed E-state index contributed by atoms with van der Waals surface area (Å²) in [4.78, 5) is 31.1. The fraction of sp³-hybridized carbons (Fsp3) is 0.100. The second-order valence-electron chi connectivity index (χ2n) is 8.74. The first-order chi connectivity index (χ1) is 18.0. The zero-order valence-electron chi connectivity index (χ0n) is 20.0. The van der Waals surface area contributed by atoms with Gasteiger partial charge in [-0.1, -0.05) is 84.4 Å². The average molecular weight is 509 g/mol. The minimum Gasteiger partial charge on any atom is -0.334 e. The van der Waals surface area contributed by atoms with Crippen molar-refractivity contribution < 1.29 is 4.79 Å². The fourth-order valence-electron chi connectivity index (χ4n) is 4.19. The molecule has 37 heavy (non-hydrogen) atoms. The standard InChI is InChI=1S/C30H25ClN4O2/c31-24-13-7-12-23(16-24)20-35-28(17-21-8-3-1-4-9-21)34-27-15-14-25(18-26(27)29(35)36)33-30(37)32-19-22-10-5-2-6-11-22/h1-16,18H,17,19-20H2,(H2,32,33,37). The summed E-state index contributed by atoms with van der Waals surface area (Å²) >= 11 is 6.20. The highest BCUT2D eigenvalue weighted by atomic mass is 35.5. The van der Waals surface area contributed by atoms with Crippen LogP contribution in [0.1, 0.15) is 22.5 Å². The molecule has 0 aliphatic carbocycles. The van der Waals surface area contributed by atoms with Crippen molar-refractivity contribution in [3.05, 3.63) is 141 Å². The molecule has 0 aliphatic rings. The van der Waals surface area contributed by atoms with Gasteiger partial charge in [0.2, 0.25) is 0 Å². The minimum atomic E-state index is -0.351. The molecular weight excluding hydrogens is 484 g/mol. The topological polar surface area (TPSA) is 76.0 Å². The van der Waals surface area contributed by atoms with Gasteiger partial charge in [0.25, 0.3) is 5.56 Å². The number of benzene rings is 4. The van der Waals surface area contributed by atoms with Crippen molar-refractivity contribution in [3.63, 3.8) is 0 Å². The van der Waals surface area contributed by atoms with Gasteiger partial charge in [-0.2, -0.15) is 0 Å². The van der Waals surface area contributed by atoms with Crippen LogP contribution < -0.4 is 16.2 Å². The molecule has 0 saturated carbocycles. The van der Waals surface area contributed by atoms with Crippen LogP contribution in [0.2, 0.25) is 5.02 Å². The van der Waals surface area contributed by atoms with E-state index in [0.29, 0.717) is 46.9 Å². The number of rotatable bonds is 7.